The highest BCUT2D eigenvalue weighted by Crippen LogP contribution is 2.14. The number of para-hydroxylation sites is 1. The standard InChI is InChI=1S/C10H9N3S2/c11-6-8(9(12)14)10(15)13-7-4-2-1-3-5-7/h1-5,13,15H,(H2,12,14)/b10-8-. The molecule has 5 heteroatoms. The Labute approximate surface area is 99.0 Å². The van der Waals surface area contributed by atoms with Gasteiger partial charge in [-0.25, -0.2) is 0 Å². The van der Waals surface area contributed by atoms with Gasteiger partial charge >= 0.3 is 0 Å². The van der Waals surface area contributed by atoms with Gasteiger partial charge in [0.1, 0.15) is 16.6 Å². The summed E-state index contributed by atoms with van der Waals surface area (Å²) in [5, 5.41) is 12.1. The number of hydrogen-bond donors (Lipinski definition) is 3. The number of thiocarbonyl (C=S) groups is 1. The Bertz CT molecular complexity index is 432. The van der Waals surface area contributed by atoms with Crippen LogP contribution in [-0.2, 0) is 0 Å². The summed E-state index contributed by atoms with van der Waals surface area (Å²) < 4.78 is 0. The van der Waals surface area contributed by atoms with E-state index in [2.05, 4.69) is 17.9 Å². The van der Waals surface area contributed by atoms with Crippen LogP contribution in [0.15, 0.2) is 40.9 Å². The molecule has 0 bridgehead atoms. The van der Waals surface area contributed by atoms with Crippen molar-refractivity contribution in [3.05, 3.63) is 40.9 Å². The lowest BCUT2D eigenvalue weighted by molar-refractivity contribution is 1.47. The second-order valence-electron chi connectivity index (χ2n) is 2.69. The first-order chi connectivity index (χ1) is 7.15. The van der Waals surface area contributed by atoms with Gasteiger partial charge in [0.05, 0.1) is 5.03 Å². The van der Waals surface area contributed by atoms with Crippen molar-refractivity contribution in [1.29, 1.82) is 5.26 Å². The number of nitrogens with one attached hydrogen (secondary N) is 1. The maximum atomic E-state index is 8.78. The lowest BCUT2D eigenvalue weighted by atomic mass is 10.3. The SMILES string of the molecule is N#C/C(C(N)=S)=C(/S)Nc1ccccc1. The molecule has 15 heavy (non-hydrogen) atoms. The van der Waals surface area contributed by atoms with E-state index in [4.69, 9.17) is 23.2 Å². The molecule has 3 N–H and O–H groups in total. The normalized spacial score (nSPS) is 11.2. The second kappa shape index (κ2) is 5.39. The van der Waals surface area contributed by atoms with Crippen molar-refractivity contribution >= 4 is 35.5 Å². The molecular weight excluding hydrogens is 226 g/mol. The molecule has 76 valence electrons. The number of rotatable bonds is 3. The van der Waals surface area contributed by atoms with Gasteiger partial charge < -0.3 is 11.1 Å². The molecule has 1 aromatic carbocycles. The molecule has 0 fully saturated rings. The van der Waals surface area contributed by atoms with Crippen molar-refractivity contribution in [2.24, 2.45) is 5.73 Å². The first-order valence-electron chi connectivity index (χ1n) is 4.10. The summed E-state index contributed by atoms with van der Waals surface area (Å²) in [7, 11) is 0. The molecule has 0 amide bonds. The highest BCUT2D eigenvalue weighted by Gasteiger charge is 2.05. The molecular formula is C10H9N3S2. The lowest BCUT2D eigenvalue weighted by Crippen LogP contribution is -2.13. The molecule has 0 saturated carbocycles. The second-order valence-corrected chi connectivity index (χ2v) is 3.58. The minimum Gasteiger partial charge on any atom is -0.389 e. The Morgan fingerprint density at radius 1 is 1.40 bits per heavy atom. The van der Waals surface area contributed by atoms with Gasteiger partial charge in [-0.3, -0.25) is 0 Å². The molecule has 0 saturated heterocycles. The molecule has 1 aromatic rings. The molecule has 0 aliphatic carbocycles. The van der Waals surface area contributed by atoms with Gasteiger partial charge in [0, 0.05) is 5.69 Å². The number of nitrogens with two attached hydrogens (primary N) is 1. The summed E-state index contributed by atoms with van der Waals surface area (Å²) in [6.45, 7) is 0. The first kappa shape index (κ1) is 11.6. The number of nitrogens with zero attached hydrogens (tertiary/aromatic N) is 1. The van der Waals surface area contributed by atoms with Gasteiger partial charge in [0.15, 0.2) is 0 Å². The Kier molecular flexibility index (Phi) is 4.16. The predicted octanol–water partition coefficient (Wildman–Crippen LogP) is 2.05. The van der Waals surface area contributed by atoms with E-state index in [1.54, 1.807) is 0 Å². The van der Waals surface area contributed by atoms with Crippen LogP contribution in [0.5, 0.6) is 0 Å². The van der Waals surface area contributed by atoms with Crippen LogP contribution in [0.2, 0.25) is 0 Å². The number of benzene rings is 1. The molecule has 0 aromatic heterocycles. The Morgan fingerprint density at radius 3 is 2.47 bits per heavy atom. The fourth-order valence-corrected chi connectivity index (χ4v) is 1.47. The van der Waals surface area contributed by atoms with Crippen molar-refractivity contribution < 1.29 is 0 Å². The van der Waals surface area contributed by atoms with Crippen LogP contribution in [0.1, 0.15) is 0 Å². The maximum absolute atomic E-state index is 8.78. The van der Waals surface area contributed by atoms with Crippen LogP contribution in [0.3, 0.4) is 0 Å². The first-order valence-corrected chi connectivity index (χ1v) is 4.96. The lowest BCUT2D eigenvalue weighted by Gasteiger charge is -2.06. The topological polar surface area (TPSA) is 61.8 Å². The zero-order valence-electron chi connectivity index (χ0n) is 7.77. The third-order valence-electron chi connectivity index (χ3n) is 1.63. The molecule has 0 heterocycles. The average Bonchev–Trinajstić information content (AvgIpc) is 2.19. The smallest absolute Gasteiger partial charge is 0.117 e. The van der Waals surface area contributed by atoms with Crippen LogP contribution in [0.25, 0.3) is 0 Å². The van der Waals surface area contributed by atoms with Crippen LogP contribution in [0.4, 0.5) is 5.69 Å². The number of hydrogen-bond acceptors (Lipinski definition) is 4. The quantitative estimate of drug-likeness (QED) is 0.325. The average molecular weight is 235 g/mol. The Morgan fingerprint density at radius 2 is 2.00 bits per heavy atom. The number of anilines is 1. The summed E-state index contributed by atoms with van der Waals surface area (Å²) in [4.78, 5) is 0.0333. The van der Waals surface area contributed by atoms with E-state index in [0.29, 0.717) is 5.03 Å². The van der Waals surface area contributed by atoms with E-state index in [1.807, 2.05) is 36.4 Å². The van der Waals surface area contributed by atoms with Crippen LogP contribution >= 0.6 is 24.8 Å². The van der Waals surface area contributed by atoms with E-state index in [-0.39, 0.29) is 10.6 Å². The van der Waals surface area contributed by atoms with Crippen molar-refractivity contribution in [3.8, 4) is 6.07 Å². The Balaban J connectivity index is 2.92. The minimum atomic E-state index is 0.0333. The van der Waals surface area contributed by atoms with Gasteiger partial charge in [-0.2, -0.15) is 5.26 Å². The van der Waals surface area contributed by atoms with Gasteiger partial charge in [-0.05, 0) is 12.1 Å². The largest absolute Gasteiger partial charge is 0.389 e. The third-order valence-corrected chi connectivity index (χ3v) is 2.17. The zero-order chi connectivity index (χ0) is 11.3. The van der Waals surface area contributed by atoms with Crippen LogP contribution in [-0.4, -0.2) is 4.99 Å². The molecule has 0 aliphatic rings. The van der Waals surface area contributed by atoms with E-state index in [0.717, 1.165) is 5.69 Å². The summed E-state index contributed by atoms with van der Waals surface area (Å²) in [5.74, 6) is 0. The van der Waals surface area contributed by atoms with E-state index >= 15 is 0 Å². The zero-order valence-corrected chi connectivity index (χ0v) is 9.48. The fourth-order valence-electron chi connectivity index (χ4n) is 0.945. The molecule has 0 atom stereocenters. The fraction of sp³-hybridized carbons (Fsp3) is 0. The molecule has 1 rings (SSSR count). The van der Waals surface area contributed by atoms with Gasteiger partial charge in [0.2, 0.25) is 0 Å². The molecule has 0 spiro atoms. The van der Waals surface area contributed by atoms with Crippen molar-refractivity contribution in [2.75, 3.05) is 5.32 Å². The number of nitriles is 1. The van der Waals surface area contributed by atoms with Gasteiger partial charge in [-0.1, -0.05) is 30.4 Å². The van der Waals surface area contributed by atoms with Gasteiger partial charge in [0.25, 0.3) is 0 Å². The summed E-state index contributed by atoms with van der Waals surface area (Å²) in [5.41, 5.74) is 6.37. The van der Waals surface area contributed by atoms with Gasteiger partial charge in [-0.15, -0.1) is 12.6 Å². The van der Waals surface area contributed by atoms with Crippen molar-refractivity contribution in [3.63, 3.8) is 0 Å². The highest BCUT2D eigenvalue weighted by atomic mass is 32.1. The third kappa shape index (κ3) is 3.27. The summed E-state index contributed by atoms with van der Waals surface area (Å²) >= 11 is 8.85. The van der Waals surface area contributed by atoms with E-state index in [9.17, 15) is 0 Å². The Hall–Kier alpha value is -1.51. The van der Waals surface area contributed by atoms with Crippen molar-refractivity contribution in [1.82, 2.24) is 0 Å². The van der Waals surface area contributed by atoms with Crippen molar-refractivity contribution in [2.45, 2.75) is 0 Å². The highest BCUT2D eigenvalue weighted by molar-refractivity contribution is 7.85. The number of thiol groups is 1. The molecule has 0 aliphatic heterocycles. The van der Waals surface area contributed by atoms with Crippen LogP contribution in [0, 0.1) is 11.3 Å². The molecule has 0 unspecified atom stereocenters. The molecule has 3 nitrogen and oxygen atoms in total. The summed E-state index contributed by atoms with van der Waals surface area (Å²) in [6.07, 6.45) is 0. The predicted molar refractivity (Wildman–Crippen MR) is 68.5 cm³/mol. The van der Waals surface area contributed by atoms with Crippen LogP contribution < -0.4 is 11.1 Å². The minimum absolute atomic E-state index is 0.0333. The van der Waals surface area contributed by atoms with E-state index in [1.165, 1.54) is 0 Å². The maximum Gasteiger partial charge on any atom is 0.117 e. The summed E-state index contributed by atoms with van der Waals surface area (Å²) in [6, 6.07) is 11.2. The monoisotopic (exact) mass is 235 g/mol. The molecule has 0 radical (unpaired) electrons. The van der Waals surface area contributed by atoms with E-state index < -0.39 is 0 Å².